The molecule has 6 nitrogen and oxygen atoms in total. The number of carbonyl (C=O) groups excluding carboxylic acids is 1. The number of aromatic nitrogens is 2. The maximum absolute atomic E-state index is 12.2. The molecule has 0 aliphatic carbocycles. The standard InChI is InChI=1S/C20H16ClN5O/c21-16-3-1-2-14(12-16)10-11-23-20(27)18-8-9-19(26-25-18)24-17-6-4-15(13-22)5-7-17/h1-9,12H,10-11H2,(H,23,27)(H,24,26). The van der Waals surface area contributed by atoms with E-state index in [9.17, 15) is 4.79 Å². The zero-order valence-corrected chi connectivity index (χ0v) is 15.1. The van der Waals surface area contributed by atoms with E-state index in [0.29, 0.717) is 29.4 Å². The molecule has 0 aliphatic heterocycles. The van der Waals surface area contributed by atoms with E-state index >= 15 is 0 Å². The molecule has 0 aliphatic rings. The minimum atomic E-state index is -0.283. The summed E-state index contributed by atoms with van der Waals surface area (Å²) in [6, 6.07) is 19.8. The van der Waals surface area contributed by atoms with Crippen LogP contribution in [0.2, 0.25) is 5.02 Å². The van der Waals surface area contributed by atoms with Crippen LogP contribution in [-0.4, -0.2) is 22.6 Å². The Bertz CT molecular complexity index is 965. The number of hydrogen-bond acceptors (Lipinski definition) is 5. The Morgan fingerprint density at radius 2 is 1.89 bits per heavy atom. The summed E-state index contributed by atoms with van der Waals surface area (Å²) < 4.78 is 0. The summed E-state index contributed by atoms with van der Waals surface area (Å²) in [4.78, 5) is 12.2. The fraction of sp³-hybridized carbons (Fsp3) is 0.100. The second-order valence-corrected chi connectivity index (χ2v) is 6.19. The first kappa shape index (κ1) is 18.4. The van der Waals surface area contributed by atoms with Gasteiger partial charge >= 0.3 is 0 Å². The number of nitriles is 1. The molecule has 0 bridgehead atoms. The van der Waals surface area contributed by atoms with Crippen molar-refractivity contribution in [2.24, 2.45) is 0 Å². The van der Waals surface area contributed by atoms with Crippen molar-refractivity contribution in [3.05, 3.63) is 82.5 Å². The average molecular weight is 378 g/mol. The highest BCUT2D eigenvalue weighted by Crippen LogP contribution is 2.14. The molecule has 0 saturated carbocycles. The molecule has 27 heavy (non-hydrogen) atoms. The Morgan fingerprint density at radius 3 is 2.56 bits per heavy atom. The highest BCUT2D eigenvalue weighted by Gasteiger charge is 2.08. The van der Waals surface area contributed by atoms with E-state index in [1.807, 2.05) is 24.3 Å². The van der Waals surface area contributed by atoms with E-state index in [1.165, 1.54) is 0 Å². The van der Waals surface area contributed by atoms with Crippen molar-refractivity contribution in [2.75, 3.05) is 11.9 Å². The largest absolute Gasteiger partial charge is 0.350 e. The lowest BCUT2D eigenvalue weighted by Crippen LogP contribution is -2.26. The first-order chi connectivity index (χ1) is 13.1. The molecule has 0 atom stereocenters. The van der Waals surface area contributed by atoms with E-state index < -0.39 is 0 Å². The molecule has 7 heteroatoms. The smallest absolute Gasteiger partial charge is 0.271 e. The zero-order chi connectivity index (χ0) is 19.1. The third kappa shape index (κ3) is 5.27. The van der Waals surface area contributed by atoms with E-state index in [1.54, 1.807) is 36.4 Å². The maximum atomic E-state index is 12.2. The Kier molecular flexibility index (Phi) is 5.98. The van der Waals surface area contributed by atoms with Gasteiger partial charge in [0.1, 0.15) is 0 Å². The molecule has 1 amide bonds. The van der Waals surface area contributed by atoms with Gasteiger partial charge in [0.2, 0.25) is 0 Å². The lowest BCUT2D eigenvalue weighted by atomic mass is 10.1. The molecule has 0 unspecified atom stereocenters. The molecule has 134 valence electrons. The van der Waals surface area contributed by atoms with Gasteiger partial charge in [0.05, 0.1) is 11.6 Å². The van der Waals surface area contributed by atoms with Gasteiger partial charge in [-0.05, 0) is 60.5 Å². The number of benzene rings is 2. The topological polar surface area (TPSA) is 90.7 Å². The number of nitrogens with one attached hydrogen (secondary N) is 2. The van der Waals surface area contributed by atoms with Crippen molar-refractivity contribution in [1.82, 2.24) is 15.5 Å². The molecule has 3 rings (SSSR count). The molecule has 1 heterocycles. The number of hydrogen-bond donors (Lipinski definition) is 2. The summed E-state index contributed by atoms with van der Waals surface area (Å²) in [6.45, 7) is 0.478. The van der Waals surface area contributed by atoms with Gasteiger partial charge in [-0.2, -0.15) is 5.26 Å². The van der Waals surface area contributed by atoms with Gasteiger partial charge < -0.3 is 10.6 Å². The van der Waals surface area contributed by atoms with Crippen LogP contribution in [0.4, 0.5) is 11.5 Å². The van der Waals surface area contributed by atoms with Crippen molar-refractivity contribution in [3.8, 4) is 6.07 Å². The van der Waals surface area contributed by atoms with Crippen LogP contribution in [0.15, 0.2) is 60.7 Å². The molecule has 0 fully saturated rings. The molecule has 1 aromatic heterocycles. The number of halogens is 1. The van der Waals surface area contributed by atoms with E-state index in [2.05, 4.69) is 26.9 Å². The van der Waals surface area contributed by atoms with Crippen LogP contribution in [0.25, 0.3) is 0 Å². The number of nitrogens with zero attached hydrogens (tertiary/aromatic N) is 3. The Labute approximate surface area is 161 Å². The fourth-order valence-electron chi connectivity index (χ4n) is 2.40. The summed E-state index contributed by atoms with van der Waals surface area (Å²) in [6.07, 6.45) is 0.679. The van der Waals surface area contributed by atoms with Crippen LogP contribution < -0.4 is 10.6 Å². The third-order valence-electron chi connectivity index (χ3n) is 3.77. The van der Waals surface area contributed by atoms with Crippen molar-refractivity contribution in [2.45, 2.75) is 6.42 Å². The van der Waals surface area contributed by atoms with Crippen LogP contribution in [0.5, 0.6) is 0 Å². The normalized spacial score (nSPS) is 10.1. The molecule has 0 saturated heterocycles. The summed E-state index contributed by atoms with van der Waals surface area (Å²) >= 11 is 5.94. The lowest BCUT2D eigenvalue weighted by molar-refractivity contribution is 0.0948. The van der Waals surface area contributed by atoms with Gasteiger partial charge in [-0.15, -0.1) is 10.2 Å². The predicted octanol–water partition coefficient (Wildman–Crippen LogP) is 3.72. The van der Waals surface area contributed by atoms with Crippen LogP contribution in [0.1, 0.15) is 21.6 Å². The van der Waals surface area contributed by atoms with Gasteiger partial charge in [0, 0.05) is 17.3 Å². The molecule has 0 spiro atoms. The quantitative estimate of drug-likeness (QED) is 0.683. The van der Waals surface area contributed by atoms with Crippen LogP contribution in [0.3, 0.4) is 0 Å². The van der Waals surface area contributed by atoms with Crippen LogP contribution in [-0.2, 0) is 6.42 Å². The van der Waals surface area contributed by atoms with Crippen molar-refractivity contribution in [1.29, 1.82) is 5.26 Å². The minimum absolute atomic E-state index is 0.242. The number of anilines is 2. The summed E-state index contributed by atoms with van der Waals surface area (Å²) in [5, 5.41) is 23.3. The average Bonchev–Trinajstić information content (AvgIpc) is 2.69. The van der Waals surface area contributed by atoms with E-state index in [-0.39, 0.29) is 11.6 Å². The highest BCUT2D eigenvalue weighted by atomic mass is 35.5. The second-order valence-electron chi connectivity index (χ2n) is 5.75. The van der Waals surface area contributed by atoms with Crippen molar-refractivity contribution < 1.29 is 4.79 Å². The molecular formula is C20H16ClN5O. The Morgan fingerprint density at radius 1 is 1.07 bits per heavy atom. The summed E-state index contributed by atoms with van der Waals surface area (Å²) in [5.41, 5.74) is 2.65. The van der Waals surface area contributed by atoms with Crippen LogP contribution >= 0.6 is 11.6 Å². The third-order valence-corrected chi connectivity index (χ3v) is 4.01. The second kappa shape index (κ2) is 8.79. The Hall–Kier alpha value is -3.43. The monoisotopic (exact) mass is 377 g/mol. The van der Waals surface area contributed by atoms with Crippen molar-refractivity contribution >= 4 is 29.0 Å². The summed E-state index contributed by atoms with van der Waals surface area (Å²) in [7, 11) is 0. The first-order valence-electron chi connectivity index (χ1n) is 8.27. The first-order valence-corrected chi connectivity index (χ1v) is 8.65. The van der Waals surface area contributed by atoms with Crippen LogP contribution in [0, 0.1) is 11.3 Å². The van der Waals surface area contributed by atoms with Gasteiger partial charge in [0.15, 0.2) is 11.5 Å². The lowest BCUT2D eigenvalue weighted by Gasteiger charge is -2.07. The SMILES string of the molecule is N#Cc1ccc(Nc2ccc(C(=O)NCCc3cccc(Cl)c3)nn2)cc1. The molecule has 0 radical (unpaired) electrons. The maximum Gasteiger partial charge on any atom is 0.271 e. The molecule has 2 aromatic carbocycles. The van der Waals surface area contributed by atoms with E-state index in [4.69, 9.17) is 16.9 Å². The number of amides is 1. The molecule has 2 N–H and O–H groups in total. The zero-order valence-electron chi connectivity index (χ0n) is 14.3. The number of rotatable bonds is 6. The Balaban J connectivity index is 1.53. The number of carbonyl (C=O) groups is 1. The highest BCUT2D eigenvalue weighted by molar-refractivity contribution is 6.30. The predicted molar refractivity (Wildman–Crippen MR) is 104 cm³/mol. The summed E-state index contributed by atoms with van der Waals surface area (Å²) in [5.74, 6) is 0.227. The fourth-order valence-corrected chi connectivity index (χ4v) is 2.61. The van der Waals surface area contributed by atoms with Gasteiger partial charge in [0.25, 0.3) is 5.91 Å². The van der Waals surface area contributed by atoms with Gasteiger partial charge in [-0.3, -0.25) is 4.79 Å². The molecular weight excluding hydrogens is 362 g/mol. The van der Waals surface area contributed by atoms with Gasteiger partial charge in [-0.1, -0.05) is 23.7 Å². The molecule has 3 aromatic rings. The minimum Gasteiger partial charge on any atom is -0.350 e. The van der Waals surface area contributed by atoms with E-state index in [0.717, 1.165) is 11.3 Å². The van der Waals surface area contributed by atoms with Crippen molar-refractivity contribution in [3.63, 3.8) is 0 Å². The van der Waals surface area contributed by atoms with Gasteiger partial charge in [-0.25, -0.2) is 0 Å².